The average Bonchev–Trinajstić information content (AvgIpc) is 2.58. The lowest BCUT2D eigenvalue weighted by molar-refractivity contribution is -0.121. The second kappa shape index (κ2) is 9.30. The molecule has 2 rings (SSSR count). The van der Waals surface area contributed by atoms with Gasteiger partial charge in [-0.25, -0.2) is 8.42 Å². The maximum Gasteiger partial charge on any atom is 0.243 e. The number of ether oxygens (including phenoxy) is 1. The quantitative estimate of drug-likeness (QED) is 0.659. The molecule has 28 heavy (non-hydrogen) atoms. The summed E-state index contributed by atoms with van der Waals surface area (Å²) in [5.74, 6) is 0.240. The summed E-state index contributed by atoms with van der Waals surface area (Å²) in [7, 11) is -3.64. The summed E-state index contributed by atoms with van der Waals surface area (Å²) in [6, 6.07) is 11.4. The summed E-state index contributed by atoms with van der Waals surface area (Å²) in [4.78, 5) is 12.5. The van der Waals surface area contributed by atoms with Gasteiger partial charge < -0.3 is 10.1 Å². The van der Waals surface area contributed by atoms with Crippen LogP contribution in [0, 0.1) is 13.8 Å². The Labute approximate surface area is 171 Å². The number of rotatable bonds is 8. The van der Waals surface area contributed by atoms with Gasteiger partial charge in [-0.2, -0.15) is 0 Å². The molecule has 0 aliphatic heterocycles. The number of sulfonamides is 1. The van der Waals surface area contributed by atoms with Crippen LogP contribution in [0.3, 0.4) is 0 Å². The molecule has 2 aromatic rings. The van der Waals surface area contributed by atoms with Gasteiger partial charge >= 0.3 is 0 Å². The minimum Gasteiger partial charge on any atom is -0.492 e. The van der Waals surface area contributed by atoms with Crippen molar-refractivity contribution in [3.05, 3.63) is 58.6 Å². The van der Waals surface area contributed by atoms with E-state index in [-0.39, 0.29) is 13.2 Å². The van der Waals surface area contributed by atoms with E-state index < -0.39 is 22.0 Å². The third kappa shape index (κ3) is 6.14. The van der Waals surface area contributed by atoms with E-state index in [1.54, 1.807) is 43.3 Å². The van der Waals surface area contributed by atoms with E-state index in [2.05, 4.69) is 5.32 Å². The van der Waals surface area contributed by atoms with Gasteiger partial charge in [-0.05, 0) is 68.3 Å². The number of anilines is 1. The number of aryl methyl sites for hydroxylation is 2. The maximum atomic E-state index is 12.5. The van der Waals surface area contributed by atoms with Gasteiger partial charge in [-0.1, -0.05) is 17.7 Å². The van der Waals surface area contributed by atoms with Crippen LogP contribution in [0.15, 0.2) is 42.5 Å². The van der Waals surface area contributed by atoms with E-state index in [4.69, 9.17) is 16.3 Å². The molecule has 0 saturated heterocycles. The molecular weight excluding hydrogens is 400 g/mol. The molecule has 0 fully saturated rings. The van der Waals surface area contributed by atoms with Crippen molar-refractivity contribution in [1.82, 2.24) is 5.32 Å². The highest BCUT2D eigenvalue weighted by molar-refractivity contribution is 7.92. The number of benzene rings is 2. The van der Waals surface area contributed by atoms with Gasteiger partial charge in [0, 0.05) is 5.02 Å². The summed E-state index contributed by atoms with van der Waals surface area (Å²) in [5.41, 5.74) is 2.32. The third-order valence-corrected chi connectivity index (χ3v) is 5.53. The Kier molecular flexibility index (Phi) is 7.32. The van der Waals surface area contributed by atoms with Crippen molar-refractivity contribution < 1.29 is 17.9 Å². The monoisotopic (exact) mass is 424 g/mol. The Hall–Kier alpha value is -2.25. The number of carbonyl (C=O) groups excluding carboxylic acids is 1. The van der Waals surface area contributed by atoms with Crippen LogP contribution in [0.25, 0.3) is 0 Å². The number of carbonyl (C=O) groups is 1. The Morgan fingerprint density at radius 2 is 1.71 bits per heavy atom. The molecular formula is C20H25ClN2O4S. The van der Waals surface area contributed by atoms with Crippen molar-refractivity contribution in [2.75, 3.05) is 23.7 Å². The third-order valence-electron chi connectivity index (χ3n) is 4.03. The Morgan fingerprint density at radius 1 is 1.14 bits per heavy atom. The fraction of sp³-hybridized carbons (Fsp3) is 0.350. The standard InChI is InChI=1S/C20H25ClN2O4S/c1-14-11-15(2)13-18(12-14)23(28(4,25)26)16(3)20(24)22-9-10-27-19-7-5-17(21)6-8-19/h5-8,11-13,16H,9-10H2,1-4H3,(H,22,24)/t16-/m0/s1. The highest BCUT2D eigenvalue weighted by atomic mass is 35.5. The Bertz CT molecular complexity index is 909. The molecule has 0 saturated carbocycles. The van der Waals surface area contributed by atoms with Crippen LogP contribution in [-0.4, -0.2) is 39.8 Å². The highest BCUT2D eigenvalue weighted by Crippen LogP contribution is 2.24. The Balaban J connectivity index is 2.02. The molecule has 0 radical (unpaired) electrons. The number of hydrogen-bond acceptors (Lipinski definition) is 4. The molecule has 0 heterocycles. The molecule has 6 nitrogen and oxygen atoms in total. The van der Waals surface area contributed by atoms with Crippen LogP contribution in [-0.2, 0) is 14.8 Å². The Morgan fingerprint density at radius 3 is 2.25 bits per heavy atom. The van der Waals surface area contributed by atoms with Crippen molar-refractivity contribution in [3.8, 4) is 5.75 Å². The lowest BCUT2D eigenvalue weighted by Gasteiger charge is -2.28. The van der Waals surface area contributed by atoms with Crippen LogP contribution >= 0.6 is 11.6 Å². The van der Waals surface area contributed by atoms with E-state index in [1.807, 2.05) is 19.9 Å². The zero-order valence-corrected chi connectivity index (χ0v) is 18.0. The van der Waals surface area contributed by atoms with Gasteiger partial charge in [0.25, 0.3) is 0 Å². The molecule has 1 N–H and O–H groups in total. The first-order valence-corrected chi connectivity index (χ1v) is 11.0. The smallest absolute Gasteiger partial charge is 0.243 e. The summed E-state index contributed by atoms with van der Waals surface area (Å²) in [6.07, 6.45) is 1.10. The average molecular weight is 425 g/mol. The van der Waals surface area contributed by atoms with Gasteiger partial charge in [0.05, 0.1) is 18.5 Å². The normalized spacial score (nSPS) is 12.3. The number of amides is 1. The van der Waals surface area contributed by atoms with Crippen molar-refractivity contribution in [2.24, 2.45) is 0 Å². The van der Waals surface area contributed by atoms with Crippen LogP contribution in [0.2, 0.25) is 5.02 Å². The van der Waals surface area contributed by atoms with Crippen LogP contribution in [0.1, 0.15) is 18.1 Å². The molecule has 1 atom stereocenters. The van der Waals surface area contributed by atoms with Crippen molar-refractivity contribution in [1.29, 1.82) is 0 Å². The molecule has 0 aliphatic carbocycles. The first kappa shape index (κ1) is 22.0. The molecule has 0 aliphatic rings. The molecule has 0 bridgehead atoms. The number of nitrogens with one attached hydrogen (secondary N) is 1. The predicted octanol–water partition coefficient (Wildman–Crippen LogP) is 3.31. The summed E-state index contributed by atoms with van der Waals surface area (Å²) in [5, 5.41) is 3.33. The van der Waals surface area contributed by atoms with Crippen LogP contribution in [0.5, 0.6) is 5.75 Å². The summed E-state index contributed by atoms with van der Waals surface area (Å²) < 4.78 is 31.4. The maximum absolute atomic E-state index is 12.5. The fourth-order valence-corrected chi connectivity index (χ4v) is 4.19. The number of nitrogens with zero attached hydrogens (tertiary/aromatic N) is 1. The molecule has 8 heteroatoms. The predicted molar refractivity (Wildman–Crippen MR) is 113 cm³/mol. The van der Waals surface area contributed by atoms with E-state index in [9.17, 15) is 13.2 Å². The lowest BCUT2D eigenvalue weighted by Crippen LogP contribution is -2.48. The van der Waals surface area contributed by atoms with E-state index in [0.717, 1.165) is 21.7 Å². The van der Waals surface area contributed by atoms with E-state index in [0.29, 0.717) is 16.5 Å². The topological polar surface area (TPSA) is 75.7 Å². The largest absolute Gasteiger partial charge is 0.492 e. The van der Waals surface area contributed by atoms with E-state index >= 15 is 0 Å². The lowest BCUT2D eigenvalue weighted by atomic mass is 10.1. The molecule has 0 aromatic heterocycles. The molecule has 2 aromatic carbocycles. The fourth-order valence-electron chi connectivity index (χ4n) is 2.91. The van der Waals surface area contributed by atoms with Gasteiger partial charge in [0.1, 0.15) is 18.4 Å². The molecule has 152 valence electrons. The minimum absolute atomic E-state index is 0.246. The molecule has 0 unspecified atom stereocenters. The van der Waals surface area contributed by atoms with Crippen molar-refractivity contribution in [3.63, 3.8) is 0 Å². The van der Waals surface area contributed by atoms with Crippen LogP contribution in [0.4, 0.5) is 5.69 Å². The molecule has 1 amide bonds. The second-order valence-corrected chi connectivity index (χ2v) is 8.97. The second-order valence-electron chi connectivity index (χ2n) is 6.67. The first-order valence-electron chi connectivity index (χ1n) is 8.81. The summed E-state index contributed by atoms with van der Waals surface area (Å²) in [6.45, 7) is 5.83. The van der Waals surface area contributed by atoms with Crippen molar-refractivity contribution >= 4 is 33.2 Å². The van der Waals surface area contributed by atoms with Gasteiger partial charge in [-0.15, -0.1) is 0 Å². The molecule has 0 spiro atoms. The van der Waals surface area contributed by atoms with Crippen molar-refractivity contribution in [2.45, 2.75) is 26.8 Å². The SMILES string of the molecule is Cc1cc(C)cc(N([C@@H](C)C(=O)NCCOc2ccc(Cl)cc2)S(C)(=O)=O)c1. The van der Waals surface area contributed by atoms with Gasteiger partial charge in [0.2, 0.25) is 15.9 Å². The minimum atomic E-state index is -3.64. The first-order chi connectivity index (χ1) is 13.1. The van der Waals surface area contributed by atoms with Crippen LogP contribution < -0.4 is 14.4 Å². The van der Waals surface area contributed by atoms with Gasteiger partial charge in [-0.3, -0.25) is 9.10 Å². The number of hydrogen-bond donors (Lipinski definition) is 1. The number of halogens is 1. The van der Waals surface area contributed by atoms with Gasteiger partial charge in [0.15, 0.2) is 0 Å². The summed E-state index contributed by atoms with van der Waals surface area (Å²) >= 11 is 5.82. The van der Waals surface area contributed by atoms with E-state index in [1.165, 1.54) is 0 Å². The zero-order valence-electron chi connectivity index (χ0n) is 16.4. The zero-order chi connectivity index (χ0) is 20.9. The highest BCUT2D eigenvalue weighted by Gasteiger charge is 2.29.